The molecule has 11 nitrogen and oxygen atoms in total. The Hall–Kier alpha value is -5.21. The molecule has 0 unspecified atom stereocenters. The Labute approximate surface area is 323 Å². The van der Waals surface area contributed by atoms with Crippen molar-refractivity contribution in [1.29, 1.82) is 0 Å². The number of nitrogens with zero attached hydrogens (tertiary/aromatic N) is 5. The minimum absolute atomic E-state index is 0.0452. The molecule has 1 aliphatic rings. The zero-order valence-electron chi connectivity index (χ0n) is 32.3. The van der Waals surface area contributed by atoms with E-state index in [0.717, 1.165) is 28.8 Å². The number of nitrogens with one attached hydrogen (secondary N) is 2. The smallest absolute Gasteiger partial charge is 0.320 e. The summed E-state index contributed by atoms with van der Waals surface area (Å²) in [7, 11) is 1.94. The van der Waals surface area contributed by atoms with Gasteiger partial charge in [0.05, 0.1) is 48.9 Å². The first kappa shape index (κ1) is 39.5. The number of amides is 2. The van der Waals surface area contributed by atoms with E-state index in [-0.39, 0.29) is 23.7 Å². The minimum Gasteiger partial charge on any atom is -0.497 e. The lowest BCUT2D eigenvalue weighted by molar-refractivity contribution is 0.137. The van der Waals surface area contributed by atoms with Gasteiger partial charge in [-0.25, -0.2) is 18.3 Å². The van der Waals surface area contributed by atoms with E-state index in [9.17, 15) is 13.6 Å². The van der Waals surface area contributed by atoms with Crippen LogP contribution in [0.15, 0.2) is 85.2 Å². The lowest BCUT2D eigenvalue weighted by Gasteiger charge is -2.28. The summed E-state index contributed by atoms with van der Waals surface area (Å²) in [6.07, 6.45) is 3.54. The highest BCUT2D eigenvalue weighted by atomic mass is 28.2. The van der Waals surface area contributed by atoms with E-state index in [1.807, 2.05) is 79.3 Å². The summed E-state index contributed by atoms with van der Waals surface area (Å²) in [4.78, 5) is 16.0. The van der Waals surface area contributed by atoms with Gasteiger partial charge in [0, 0.05) is 25.2 Å². The molecule has 3 heterocycles. The second-order valence-corrected chi connectivity index (χ2v) is 16.6. The summed E-state index contributed by atoms with van der Waals surface area (Å²) < 4.78 is 49.7. The molecule has 1 fully saturated rings. The van der Waals surface area contributed by atoms with Crippen LogP contribution >= 0.6 is 0 Å². The number of para-hydroxylation sites is 1. The number of hydrogen-bond donors (Lipinski definition) is 2. The summed E-state index contributed by atoms with van der Waals surface area (Å²) >= 11 is 0. The van der Waals surface area contributed by atoms with Gasteiger partial charge in [-0.2, -0.15) is 5.10 Å². The van der Waals surface area contributed by atoms with Gasteiger partial charge in [0.25, 0.3) is 0 Å². The first-order chi connectivity index (χ1) is 26.3. The maximum Gasteiger partial charge on any atom is 0.320 e. The Kier molecular flexibility index (Phi) is 12.3. The number of halogens is 2. The van der Waals surface area contributed by atoms with Crippen LogP contribution < -0.4 is 25.0 Å². The average Bonchev–Trinajstić information content (AvgIpc) is 3.89. The minimum atomic E-state index is -0.940. The number of carbonyl (C=O) groups excluding carboxylic acids is 1. The Morgan fingerprint density at radius 1 is 1.00 bits per heavy atom. The van der Waals surface area contributed by atoms with Crippen LogP contribution in [0.4, 0.5) is 25.1 Å². The van der Waals surface area contributed by atoms with Crippen LogP contribution in [0.1, 0.15) is 57.2 Å². The van der Waals surface area contributed by atoms with Crippen molar-refractivity contribution >= 4 is 27.3 Å². The summed E-state index contributed by atoms with van der Waals surface area (Å²) in [5.74, 6) is -0.161. The molecule has 55 heavy (non-hydrogen) atoms. The highest BCUT2D eigenvalue weighted by Crippen LogP contribution is 2.35. The van der Waals surface area contributed by atoms with Crippen molar-refractivity contribution in [1.82, 2.24) is 24.9 Å². The third-order valence-corrected chi connectivity index (χ3v) is 11.9. The molecule has 2 radical (unpaired) electrons. The molecule has 1 aliphatic heterocycles. The Bertz CT molecular complexity index is 2060. The fraction of sp³-hybridized carbons (Fsp3) is 0.390. The number of benzene rings is 3. The number of methoxy groups -OCH3 is 1. The summed E-state index contributed by atoms with van der Waals surface area (Å²) in [5.41, 5.74) is 3.86. The van der Waals surface area contributed by atoms with E-state index >= 15 is 0 Å². The molecule has 290 valence electrons. The van der Waals surface area contributed by atoms with Crippen LogP contribution in [-0.2, 0) is 11.0 Å². The van der Waals surface area contributed by atoms with Crippen molar-refractivity contribution in [2.24, 2.45) is 5.92 Å². The summed E-state index contributed by atoms with van der Waals surface area (Å²) in [5, 5.41) is 15.5. The van der Waals surface area contributed by atoms with Crippen LogP contribution in [0.3, 0.4) is 0 Å². The van der Waals surface area contributed by atoms with Crippen LogP contribution in [0, 0.1) is 24.5 Å². The van der Waals surface area contributed by atoms with E-state index in [0.29, 0.717) is 58.1 Å². The molecule has 6 rings (SSSR count). The van der Waals surface area contributed by atoms with Crippen molar-refractivity contribution in [2.45, 2.75) is 71.2 Å². The third-order valence-electron chi connectivity index (χ3n) is 10.2. The SMILES string of the molecule is COc1ccc(Cn2cc(N3C[C@@H](NC(=O)Nc4c(C)c(OC[C@H](C)O[Si]C(C)(C)C(C)C)nn4-c4ccccc4)[C@H](c4ccc(F)c(F)c4)C3)cn2)cc1. The maximum atomic E-state index is 14.5. The van der Waals surface area contributed by atoms with E-state index in [4.69, 9.17) is 19.0 Å². The number of aromatic nitrogens is 4. The molecule has 2 N–H and O–H groups in total. The molecule has 5 aromatic rings. The quantitative estimate of drug-likeness (QED) is 0.105. The van der Waals surface area contributed by atoms with E-state index < -0.39 is 23.7 Å². The number of carbonyl (C=O) groups is 1. The summed E-state index contributed by atoms with van der Waals surface area (Å²) in [6, 6.07) is 20.2. The normalized spacial score (nSPS) is 16.4. The van der Waals surface area contributed by atoms with Crippen LogP contribution in [0.25, 0.3) is 5.69 Å². The van der Waals surface area contributed by atoms with Gasteiger partial charge >= 0.3 is 6.03 Å². The second kappa shape index (κ2) is 17.1. The van der Waals surface area contributed by atoms with E-state index in [1.54, 1.807) is 24.1 Å². The Balaban J connectivity index is 1.19. The van der Waals surface area contributed by atoms with Crippen molar-refractivity contribution in [2.75, 3.05) is 37.0 Å². The molecule has 3 aromatic carbocycles. The number of anilines is 2. The van der Waals surface area contributed by atoms with Gasteiger partial charge in [-0.3, -0.25) is 10.00 Å². The molecule has 0 bridgehead atoms. The molecular weight excluding hydrogens is 721 g/mol. The van der Waals surface area contributed by atoms with Crippen molar-refractivity contribution in [3.63, 3.8) is 0 Å². The molecular formula is C41H49F2N7O4Si. The lowest BCUT2D eigenvalue weighted by Crippen LogP contribution is -2.42. The fourth-order valence-electron chi connectivity index (χ4n) is 6.19. The molecule has 1 saturated heterocycles. The van der Waals surface area contributed by atoms with Crippen LogP contribution in [0.2, 0.25) is 5.04 Å². The molecule has 3 atom stereocenters. The van der Waals surface area contributed by atoms with Crippen LogP contribution in [0.5, 0.6) is 11.6 Å². The van der Waals surface area contributed by atoms with Gasteiger partial charge in [-0.15, -0.1) is 5.10 Å². The molecule has 14 heteroatoms. The summed E-state index contributed by atoms with van der Waals surface area (Å²) in [6.45, 7) is 14.3. The zero-order valence-corrected chi connectivity index (χ0v) is 33.3. The van der Waals surface area contributed by atoms with Gasteiger partial charge in [-0.05, 0) is 72.3 Å². The first-order valence-corrected chi connectivity index (χ1v) is 19.4. The topological polar surface area (TPSA) is 108 Å². The van der Waals surface area contributed by atoms with Gasteiger partial charge in [0.2, 0.25) is 15.6 Å². The third kappa shape index (κ3) is 9.54. The molecule has 2 aromatic heterocycles. The number of urea groups is 1. The van der Waals surface area contributed by atoms with E-state index in [2.05, 4.69) is 48.3 Å². The first-order valence-electron chi connectivity index (χ1n) is 18.4. The predicted octanol–water partition coefficient (Wildman–Crippen LogP) is 7.76. The van der Waals surface area contributed by atoms with E-state index in [1.165, 1.54) is 6.07 Å². The molecule has 0 aliphatic carbocycles. The van der Waals surface area contributed by atoms with Crippen molar-refractivity contribution < 1.29 is 27.5 Å². The van der Waals surface area contributed by atoms with Gasteiger partial charge < -0.3 is 24.1 Å². The predicted molar refractivity (Wildman–Crippen MR) is 211 cm³/mol. The van der Waals surface area contributed by atoms with Gasteiger partial charge in [-0.1, -0.05) is 64.1 Å². The molecule has 0 spiro atoms. The average molecular weight is 770 g/mol. The Morgan fingerprint density at radius 3 is 2.44 bits per heavy atom. The fourth-order valence-corrected chi connectivity index (χ4v) is 7.00. The number of ether oxygens (including phenoxy) is 2. The van der Waals surface area contributed by atoms with Gasteiger partial charge in [0.15, 0.2) is 11.6 Å². The highest BCUT2D eigenvalue weighted by molar-refractivity contribution is 6.32. The standard InChI is InChI=1S/C41H49F2N7O4Si/c1-26(2)41(5,6)55-54-27(3)25-53-39-28(4)38(50(47-39)31-11-9-8-10-12-31)46-40(51)45-37-24-48(23-34(37)30-15-18-35(42)36(43)19-30)32-20-44-49(22-32)21-29-13-16-33(52-7)17-14-29/h8-20,22,26-27,34,37H,21,23-25H2,1-7H3,(H2,45,46,51)/t27-,34-,37+/m0/s1. The van der Waals surface area contributed by atoms with Crippen LogP contribution in [-0.4, -0.2) is 74.3 Å². The Morgan fingerprint density at radius 2 is 1.75 bits per heavy atom. The number of hydrogen-bond acceptors (Lipinski definition) is 7. The zero-order chi connectivity index (χ0) is 39.3. The lowest BCUT2D eigenvalue weighted by atomic mass is 9.94. The van der Waals surface area contributed by atoms with Gasteiger partial charge in [0.1, 0.15) is 18.2 Å². The highest BCUT2D eigenvalue weighted by Gasteiger charge is 2.36. The monoisotopic (exact) mass is 769 g/mol. The molecule has 0 saturated carbocycles. The number of rotatable bonds is 15. The van der Waals surface area contributed by atoms with Crippen molar-refractivity contribution in [3.05, 3.63) is 114 Å². The largest absolute Gasteiger partial charge is 0.497 e. The van der Waals surface area contributed by atoms with Crippen molar-refractivity contribution in [3.8, 4) is 17.3 Å². The maximum absolute atomic E-state index is 14.5. The second-order valence-electron chi connectivity index (χ2n) is 14.9. The molecule has 2 amide bonds.